The van der Waals surface area contributed by atoms with Crippen LogP contribution in [0, 0.1) is 20.8 Å². The van der Waals surface area contributed by atoms with Crippen LogP contribution in [0.4, 0.5) is 0 Å². The first-order chi connectivity index (χ1) is 11.0. The lowest BCUT2D eigenvalue weighted by Gasteiger charge is -2.31. The van der Waals surface area contributed by atoms with Gasteiger partial charge in [0.2, 0.25) is 11.8 Å². The maximum absolute atomic E-state index is 12.9. The molecule has 1 aliphatic heterocycles. The average molecular weight is 318 g/mol. The van der Waals surface area contributed by atoms with Gasteiger partial charge in [-0.15, -0.1) is 10.2 Å². The van der Waals surface area contributed by atoms with Crippen LogP contribution in [-0.2, 0) is 11.3 Å². The first-order valence-electron chi connectivity index (χ1n) is 7.88. The number of ether oxygens (including phenoxy) is 1. The number of carbonyl (C=O) groups excluding carboxylic acids is 1. The van der Waals surface area contributed by atoms with Crippen molar-refractivity contribution in [3.05, 3.63) is 34.8 Å². The molecule has 3 rings (SSSR count). The second-order valence-electron chi connectivity index (χ2n) is 5.80. The van der Waals surface area contributed by atoms with Gasteiger partial charge in [0.25, 0.3) is 5.91 Å². The number of carbonyl (C=O) groups is 1. The highest BCUT2D eigenvalue weighted by atomic mass is 16.5. The van der Waals surface area contributed by atoms with Crippen molar-refractivity contribution >= 4 is 5.91 Å². The number of hydrogen-bond acceptors (Lipinski definition) is 5. The fourth-order valence-electron chi connectivity index (χ4n) is 3.10. The highest BCUT2D eigenvalue weighted by Crippen LogP contribution is 2.24. The van der Waals surface area contributed by atoms with E-state index >= 15 is 0 Å². The lowest BCUT2D eigenvalue weighted by atomic mass is 10.2. The van der Waals surface area contributed by atoms with Gasteiger partial charge in [0.1, 0.15) is 0 Å². The third-order valence-corrected chi connectivity index (χ3v) is 4.29. The van der Waals surface area contributed by atoms with E-state index in [-0.39, 0.29) is 12.0 Å². The fourth-order valence-corrected chi connectivity index (χ4v) is 3.10. The van der Waals surface area contributed by atoms with E-state index in [1.54, 1.807) is 11.8 Å². The van der Waals surface area contributed by atoms with E-state index in [4.69, 9.17) is 9.15 Å². The van der Waals surface area contributed by atoms with Gasteiger partial charge in [0, 0.05) is 31.4 Å². The van der Waals surface area contributed by atoms with Crippen molar-refractivity contribution in [1.29, 1.82) is 0 Å². The number of rotatable bonds is 3. The van der Waals surface area contributed by atoms with Crippen LogP contribution in [0.5, 0.6) is 0 Å². The molecule has 0 bridgehead atoms. The quantitative estimate of drug-likeness (QED) is 0.866. The highest BCUT2D eigenvalue weighted by molar-refractivity contribution is 5.95. The molecular weight excluding hydrogens is 296 g/mol. The number of morpholine rings is 1. The number of aromatic nitrogens is 3. The van der Waals surface area contributed by atoms with E-state index in [1.165, 1.54) is 0 Å². The summed E-state index contributed by atoms with van der Waals surface area (Å²) in [5.41, 5.74) is 2.86. The van der Waals surface area contributed by atoms with E-state index in [0.29, 0.717) is 31.5 Å². The van der Waals surface area contributed by atoms with E-state index < -0.39 is 0 Å². The zero-order valence-electron chi connectivity index (χ0n) is 14.0. The Morgan fingerprint density at radius 2 is 2.13 bits per heavy atom. The summed E-state index contributed by atoms with van der Waals surface area (Å²) in [7, 11) is 0. The van der Waals surface area contributed by atoms with Crippen molar-refractivity contribution in [2.45, 2.75) is 40.3 Å². The summed E-state index contributed by atoms with van der Waals surface area (Å²) in [5.74, 6) is 0.958. The van der Waals surface area contributed by atoms with Crippen molar-refractivity contribution in [3.8, 4) is 0 Å². The molecular formula is C16H22N4O3. The molecule has 1 fully saturated rings. The van der Waals surface area contributed by atoms with Crippen molar-refractivity contribution in [3.63, 3.8) is 0 Å². The summed E-state index contributed by atoms with van der Waals surface area (Å²) >= 11 is 0. The first kappa shape index (κ1) is 15.7. The van der Waals surface area contributed by atoms with Gasteiger partial charge in [-0.25, -0.2) is 0 Å². The molecule has 0 spiro atoms. The SMILES string of the molecule is CCn1c(C)cc(C(=O)N2CCO[C@@H](c3nnc(C)o3)C2)c1C. The van der Waals surface area contributed by atoms with Crippen LogP contribution in [0.3, 0.4) is 0 Å². The van der Waals surface area contributed by atoms with Gasteiger partial charge in [0.15, 0.2) is 6.10 Å². The van der Waals surface area contributed by atoms with Crippen LogP contribution < -0.4 is 0 Å². The van der Waals surface area contributed by atoms with Gasteiger partial charge < -0.3 is 18.6 Å². The topological polar surface area (TPSA) is 73.4 Å². The minimum atomic E-state index is -0.358. The van der Waals surface area contributed by atoms with Crippen LogP contribution >= 0.6 is 0 Å². The van der Waals surface area contributed by atoms with Gasteiger partial charge in [-0.05, 0) is 26.8 Å². The number of nitrogens with zero attached hydrogens (tertiary/aromatic N) is 4. The zero-order valence-corrected chi connectivity index (χ0v) is 14.0. The zero-order chi connectivity index (χ0) is 16.6. The molecule has 2 aromatic rings. The molecule has 3 heterocycles. The predicted molar refractivity (Wildman–Crippen MR) is 83.2 cm³/mol. The third-order valence-electron chi connectivity index (χ3n) is 4.29. The Hall–Kier alpha value is -2.15. The highest BCUT2D eigenvalue weighted by Gasteiger charge is 2.30. The van der Waals surface area contributed by atoms with Gasteiger partial charge >= 0.3 is 0 Å². The second kappa shape index (κ2) is 6.16. The average Bonchev–Trinajstić information content (AvgIpc) is 3.10. The van der Waals surface area contributed by atoms with Crippen molar-refractivity contribution in [2.75, 3.05) is 19.7 Å². The van der Waals surface area contributed by atoms with Gasteiger partial charge in [-0.3, -0.25) is 4.79 Å². The molecule has 23 heavy (non-hydrogen) atoms. The summed E-state index contributed by atoms with van der Waals surface area (Å²) in [5, 5.41) is 7.83. The number of hydrogen-bond donors (Lipinski definition) is 0. The first-order valence-corrected chi connectivity index (χ1v) is 7.88. The normalized spacial score (nSPS) is 18.4. The smallest absolute Gasteiger partial charge is 0.255 e. The Morgan fingerprint density at radius 3 is 2.74 bits per heavy atom. The summed E-state index contributed by atoms with van der Waals surface area (Å²) < 4.78 is 13.3. The predicted octanol–water partition coefficient (Wildman–Crippen LogP) is 2.03. The molecule has 1 amide bonds. The molecule has 7 heteroatoms. The largest absolute Gasteiger partial charge is 0.423 e. The van der Waals surface area contributed by atoms with Gasteiger partial charge in [0.05, 0.1) is 18.7 Å². The van der Waals surface area contributed by atoms with E-state index in [1.807, 2.05) is 19.9 Å². The fraction of sp³-hybridized carbons (Fsp3) is 0.562. The Kier molecular flexibility index (Phi) is 4.21. The summed E-state index contributed by atoms with van der Waals surface area (Å²) in [6.07, 6.45) is -0.358. The van der Waals surface area contributed by atoms with Gasteiger partial charge in [-0.2, -0.15) is 0 Å². The minimum absolute atomic E-state index is 0.0299. The molecule has 0 saturated carbocycles. The third kappa shape index (κ3) is 2.88. The maximum Gasteiger partial charge on any atom is 0.255 e. The van der Waals surface area contributed by atoms with E-state index in [2.05, 4.69) is 21.7 Å². The molecule has 1 atom stereocenters. The summed E-state index contributed by atoms with van der Waals surface area (Å²) in [6.45, 7) is 10.1. The van der Waals surface area contributed by atoms with E-state index in [9.17, 15) is 4.79 Å². The van der Waals surface area contributed by atoms with Crippen LogP contribution in [0.25, 0.3) is 0 Å². The molecule has 7 nitrogen and oxygen atoms in total. The molecule has 0 N–H and O–H groups in total. The summed E-state index contributed by atoms with van der Waals surface area (Å²) in [4.78, 5) is 14.7. The Labute approximate surface area is 135 Å². The molecule has 1 aliphatic rings. The van der Waals surface area contributed by atoms with Crippen molar-refractivity contribution in [1.82, 2.24) is 19.7 Å². The van der Waals surface area contributed by atoms with Gasteiger partial charge in [-0.1, -0.05) is 0 Å². The molecule has 0 radical (unpaired) electrons. The lowest BCUT2D eigenvalue weighted by Crippen LogP contribution is -2.42. The molecule has 0 unspecified atom stereocenters. The molecule has 124 valence electrons. The minimum Gasteiger partial charge on any atom is -0.423 e. The Morgan fingerprint density at radius 1 is 1.35 bits per heavy atom. The molecule has 2 aromatic heterocycles. The number of aryl methyl sites for hydroxylation is 2. The number of amides is 1. The van der Waals surface area contributed by atoms with Crippen molar-refractivity contribution < 1.29 is 13.9 Å². The van der Waals surface area contributed by atoms with Crippen LogP contribution in [0.15, 0.2) is 10.5 Å². The standard InChI is InChI=1S/C16H22N4O3/c1-5-20-10(2)8-13(11(20)3)16(21)19-6-7-22-14(9-19)15-18-17-12(4)23-15/h8,14H,5-7,9H2,1-4H3/t14-/m1/s1. The molecule has 1 saturated heterocycles. The monoisotopic (exact) mass is 318 g/mol. The lowest BCUT2D eigenvalue weighted by molar-refractivity contribution is -0.0349. The van der Waals surface area contributed by atoms with Crippen LogP contribution in [-0.4, -0.2) is 45.3 Å². The summed E-state index contributed by atoms with van der Waals surface area (Å²) in [6, 6.07) is 1.96. The molecule has 0 aliphatic carbocycles. The maximum atomic E-state index is 12.9. The van der Waals surface area contributed by atoms with Crippen molar-refractivity contribution in [2.24, 2.45) is 0 Å². The van der Waals surface area contributed by atoms with E-state index in [0.717, 1.165) is 23.5 Å². The Balaban J connectivity index is 1.80. The second-order valence-corrected chi connectivity index (χ2v) is 5.80. The Bertz CT molecular complexity index is 719. The molecule has 0 aromatic carbocycles. The van der Waals surface area contributed by atoms with Crippen LogP contribution in [0.2, 0.25) is 0 Å². The van der Waals surface area contributed by atoms with Crippen LogP contribution in [0.1, 0.15) is 46.6 Å².